The number of hydrogen-bond acceptors (Lipinski definition) is 3. The van der Waals surface area contributed by atoms with Crippen LogP contribution in [-0.2, 0) is 13.1 Å². The van der Waals surface area contributed by atoms with Gasteiger partial charge in [0.25, 0.3) is 0 Å². The molecule has 136 valence electrons. The highest BCUT2D eigenvalue weighted by Gasteiger charge is 2.08. The zero-order valence-corrected chi connectivity index (χ0v) is 17.0. The molecule has 0 aliphatic rings. The third-order valence-electron chi connectivity index (χ3n) is 3.45. The van der Waals surface area contributed by atoms with E-state index in [1.54, 1.807) is 19.4 Å². The van der Waals surface area contributed by atoms with Gasteiger partial charge in [0.05, 0.1) is 13.7 Å². The summed E-state index contributed by atoms with van der Waals surface area (Å²) in [4.78, 5) is 10.8. The van der Waals surface area contributed by atoms with E-state index in [4.69, 9.17) is 4.74 Å². The lowest BCUT2D eigenvalue weighted by atomic mass is 10.2. The minimum Gasteiger partial charge on any atom is -0.481 e. The van der Waals surface area contributed by atoms with Crippen LogP contribution in [0.25, 0.3) is 0 Å². The van der Waals surface area contributed by atoms with E-state index in [0.29, 0.717) is 19.0 Å². The van der Waals surface area contributed by atoms with Crippen LogP contribution in [0.15, 0.2) is 47.6 Å². The van der Waals surface area contributed by atoms with Crippen LogP contribution in [0.5, 0.6) is 5.88 Å². The van der Waals surface area contributed by atoms with Crippen molar-refractivity contribution in [2.45, 2.75) is 20.0 Å². The summed E-state index contributed by atoms with van der Waals surface area (Å²) in [6.07, 6.45) is 1.69. The first-order chi connectivity index (χ1) is 11.6. The van der Waals surface area contributed by atoms with Crippen LogP contribution < -0.4 is 10.1 Å². The quantitative estimate of drug-likeness (QED) is 0.410. The summed E-state index contributed by atoms with van der Waals surface area (Å²) in [7, 11) is 3.52. The summed E-state index contributed by atoms with van der Waals surface area (Å²) in [5.74, 6) is 1.08. The molecule has 0 aliphatic carbocycles. The van der Waals surface area contributed by atoms with Crippen LogP contribution in [0.4, 0.5) is 4.39 Å². The second-order valence-electron chi connectivity index (χ2n) is 5.33. The van der Waals surface area contributed by atoms with Crippen molar-refractivity contribution in [3.8, 4) is 5.88 Å². The van der Waals surface area contributed by atoms with Crippen molar-refractivity contribution in [2.24, 2.45) is 4.99 Å². The van der Waals surface area contributed by atoms with Gasteiger partial charge in [0.2, 0.25) is 5.88 Å². The van der Waals surface area contributed by atoms with E-state index >= 15 is 0 Å². The molecule has 0 aliphatic heterocycles. The highest BCUT2D eigenvalue weighted by Crippen LogP contribution is 2.15. The molecule has 0 bridgehead atoms. The lowest BCUT2D eigenvalue weighted by Gasteiger charge is -2.22. The number of pyridine rings is 1. The molecule has 1 aromatic carbocycles. The molecule has 1 aromatic heterocycles. The molecule has 1 N–H and O–H groups in total. The number of nitrogens with zero attached hydrogens (tertiary/aromatic N) is 3. The molecule has 0 saturated carbocycles. The summed E-state index contributed by atoms with van der Waals surface area (Å²) < 4.78 is 18.6. The summed E-state index contributed by atoms with van der Waals surface area (Å²) in [5, 5.41) is 3.25. The first kappa shape index (κ1) is 21.1. The molecule has 0 unspecified atom stereocenters. The van der Waals surface area contributed by atoms with Gasteiger partial charge in [-0.15, -0.1) is 24.0 Å². The molecule has 1 heterocycles. The first-order valence-electron chi connectivity index (χ1n) is 7.85. The number of halogens is 2. The zero-order valence-electron chi connectivity index (χ0n) is 14.7. The highest BCUT2D eigenvalue weighted by atomic mass is 127. The Bertz CT molecular complexity index is 696. The van der Waals surface area contributed by atoms with Crippen molar-refractivity contribution in [3.63, 3.8) is 0 Å². The van der Waals surface area contributed by atoms with E-state index in [0.717, 1.165) is 23.6 Å². The first-order valence-corrected chi connectivity index (χ1v) is 7.85. The van der Waals surface area contributed by atoms with Crippen LogP contribution in [0.1, 0.15) is 18.1 Å². The molecule has 0 amide bonds. The lowest BCUT2D eigenvalue weighted by molar-refractivity contribution is 0.392. The van der Waals surface area contributed by atoms with Gasteiger partial charge in [-0.2, -0.15) is 0 Å². The second kappa shape index (κ2) is 10.9. The summed E-state index contributed by atoms with van der Waals surface area (Å²) >= 11 is 0. The molecule has 0 atom stereocenters. The van der Waals surface area contributed by atoms with Crippen LogP contribution in [0.3, 0.4) is 0 Å². The Hall–Kier alpha value is -1.90. The van der Waals surface area contributed by atoms with Gasteiger partial charge in [0.15, 0.2) is 5.96 Å². The van der Waals surface area contributed by atoms with Crippen molar-refractivity contribution in [1.82, 2.24) is 15.2 Å². The number of aliphatic imine (C=N–C) groups is 1. The molecule has 2 rings (SSSR count). The maximum atomic E-state index is 13.3. The maximum Gasteiger partial charge on any atom is 0.218 e. The summed E-state index contributed by atoms with van der Waals surface area (Å²) in [6, 6.07) is 10.4. The summed E-state index contributed by atoms with van der Waals surface area (Å²) in [5.41, 5.74) is 1.80. The number of ether oxygens (including phenoxy) is 1. The number of aromatic nitrogens is 1. The van der Waals surface area contributed by atoms with Gasteiger partial charge in [-0.1, -0.05) is 18.2 Å². The number of rotatable bonds is 6. The fraction of sp³-hybridized carbons (Fsp3) is 0.333. The number of benzene rings is 1. The van der Waals surface area contributed by atoms with E-state index in [1.807, 2.05) is 37.1 Å². The average Bonchev–Trinajstić information content (AvgIpc) is 2.58. The van der Waals surface area contributed by atoms with Gasteiger partial charge in [-0.25, -0.2) is 14.4 Å². The fourth-order valence-electron chi connectivity index (χ4n) is 2.34. The summed E-state index contributed by atoms with van der Waals surface area (Å²) in [6.45, 7) is 3.77. The second-order valence-corrected chi connectivity index (χ2v) is 5.33. The van der Waals surface area contributed by atoms with Crippen molar-refractivity contribution in [1.29, 1.82) is 0 Å². The van der Waals surface area contributed by atoms with Crippen molar-refractivity contribution < 1.29 is 9.13 Å². The molecule has 5 nitrogen and oxygen atoms in total. The van der Waals surface area contributed by atoms with E-state index in [2.05, 4.69) is 15.3 Å². The van der Waals surface area contributed by atoms with E-state index in [9.17, 15) is 4.39 Å². The largest absolute Gasteiger partial charge is 0.481 e. The fourth-order valence-corrected chi connectivity index (χ4v) is 2.34. The topological polar surface area (TPSA) is 49.8 Å². The standard InChI is InChI=1S/C18H23FN4O.HI/c1-4-20-18(22-12-15-8-6-10-21-17(15)24-3)23(2)13-14-7-5-9-16(19)11-14;/h5-11H,4,12-13H2,1-3H3,(H,20,22);1H. The molecular formula is C18H24FIN4O. The Morgan fingerprint density at radius 2 is 2.12 bits per heavy atom. The molecular weight excluding hydrogens is 434 g/mol. The lowest BCUT2D eigenvalue weighted by Crippen LogP contribution is -2.38. The van der Waals surface area contributed by atoms with Crippen LogP contribution >= 0.6 is 24.0 Å². The maximum absolute atomic E-state index is 13.3. The molecule has 2 aromatic rings. The van der Waals surface area contributed by atoms with Gasteiger partial charge in [0, 0.05) is 31.9 Å². The molecule has 25 heavy (non-hydrogen) atoms. The number of hydrogen-bond donors (Lipinski definition) is 1. The average molecular weight is 458 g/mol. The van der Waals surface area contributed by atoms with Crippen LogP contribution in [0, 0.1) is 5.82 Å². The third-order valence-corrected chi connectivity index (χ3v) is 3.45. The predicted octanol–water partition coefficient (Wildman–Crippen LogP) is 3.44. The Morgan fingerprint density at radius 1 is 1.32 bits per heavy atom. The van der Waals surface area contributed by atoms with Crippen molar-refractivity contribution in [2.75, 3.05) is 20.7 Å². The van der Waals surface area contributed by atoms with Gasteiger partial charge < -0.3 is 15.0 Å². The van der Waals surface area contributed by atoms with Gasteiger partial charge in [-0.05, 0) is 30.7 Å². The Kier molecular flexibility index (Phi) is 9.18. The third kappa shape index (κ3) is 6.49. The zero-order chi connectivity index (χ0) is 17.4. The number of methoxy groups -OCH3 is 1. The number of nitrogens with one attached hydrogen (secondary N) is 1. The molecule has 7 heteroatoms. The van der Waals surface area contributed by atoms with Crippen molar-refractivity contribution in [3.05, 3.63) is 59.5 Å². The van der Waals surface area contributed by atoms with Gasteiger partial charge >= 0.3 is 0 Å². The minimum atomic E-state index is -0.233. The predicted molar refractivity (Wildman–Crippen MR) is 109 cm³/mol. The van der Waals surface area contributed by atoms with E-state index < -0.39 is 0 Å². The monoisotopic (exact) mass is 458 g/mol. The van der Waals surface area contributed by atoms with Gasteiger partial charge in [0.1, 0.15) is 5.82 Å². The Morgan fingerprint density at radius 3 is 2.80 bits per heavy atom. The van der Waals surface area contributed by atoms with Crippen LogP contribution in [0.2, 0.25) is 0 Å². The Labute approximate surface area is 165 Å². The van der Waals surface area contributed by atoms with Crippen LogP contribution in [-0.4, -0.2) is 36.5 Å². The minimum absolute atomic E-state index is 0. The molecule has 0 spiro atoms. The smallest absolute Gasteiger partial charge is 0.218 e. The number of guanidine groups is 1. The normalized spacial score (nSPS) is 10.8. The Balaban J connectivity index is 0.00000312. The molecule has 0 fully saturated rings. The van der Waals surface area contributed by atoms with E-state index in [-0.39, 0.29) is 29.8 Å². The van der Waals surface area contributed by atoms with Crippen molar-refractivity contribution >= 4 is 29.9 Å². The van der Waals surface area contributed by atoms with E-state index in [1.165, 1.54) is 12.1 Å². The molecule has 0 radical (unpaired) electrons. The highest BCUT2D eigenvalue weighted by molar-refractivity contribution is 14.0. The molecule has 0 saturated heterocycles. The SMILES string of the molecule is CCNC(=NCc1cccnc1OC)N(C)Cc1cccc(F)c1.I. The van der Waals surface area contributed by atoms with Gasteiger partial charge in [-0.3, -0.25) is 0 Å².